The lowest BCUT2D eigenvalue weighted by molar-refractivity contribution is 0.0792. The molecule has 0 radical (unpaired) electrons. The molecule has 1 aromatic heterocycles. The van der Waals surface area contributed by atoms with Crippen molar-refractivity contribution in [2.75, 3.05) is 13.1 Å². The summed E-state index contributed by atoms with van der Waals surface area (Å²) in [6.45, 7) is 1.47. The van der Waals surface area contributed by atoms with Crippen LogP contribution in [0.1, 0.15) is 28.3 Å². The minimum atomic E-state index is -0.0734. The summed E-state index contributed by atoms with van der Waals surface area (Å²) in [6, 6.07) is 17.7. The zero-order valence-corrected chi connectivity index (χ0v) is 14.2. The highest BCUT2D eigenvalue weighted by Gasteiger charge is 2.29. The fraction of sp³-hybridized carbons (Fsp3) is 0.238. The second kappa shape index (κ2) is 6.20. The van der Waals surface area contributed by atoms with Crippen LogP contribution in [0.4, 0.5) is 0 Å². The molecule has 1 aliphatic heterocycles. The van der Waals surface area contributed by atoms with E-state index in [9.17, 15) is 9.59 Å². The monoisotopic (exact) mass is 332 g/mol. The zero-order chi connectivity index (χ0) is 17.4. The third-order valence-corrected chi connectivity index (χ3v) is 5.07. The van der Waals surface area contributed by atoms with Crippen molar-refractivity contribution in [3.05, 3.63) is 82.3 Å². The Morgan fingerprint density at radius 3 is 2.44 bits per heavy atom. The van der Waals surface area contributed by atoms with Crippen molar-refractivity contribution < 1.29 is 4.79 Å². The second-order valence-electron chi connectivity index (χ2n) is 6.65. The molecule has 1 aliphatic rings. The minimum Gasteiger partial charge on any atom is -0.338 e. The highest BCUT2D eigenvalue weighted by molar-refractivity contribution is 6.06. The van der Waals surface area contributed by atoms with Gasteiger partial charge < -0.3 is 9.47 Å². The van der Waals surface area contributed by atoms with E-state index in [1.807, 2.05) is 41.3 Å². The van der Waals surface area contributed by atoms with Crippen molar-refractivity contribution in [1.82, 2.24) is 9.47 Å². The topological polar surface area (TPSA) is 42.3 Å². The largest absolute Gasteiger partial charge is 0.338 e. The molecule has 4 rings (SSSR count). The van der Waals surface area contributed by atoms with Gasteiger partial charge in [0.2, 0.25) is 0 Å². The summed E-state index contributed by atoms with van der Waals surface area (Å²) in [5.74, 6) is 0.383. The first-order valence-electron chi connectivity index (χ1n) is 8.58. The molecule has 4 nitrogen and oxygen atoms in total. The normalized spacial score (nSPS) is 17.2. The van der Waals surface area contributed by atoms with Crippen molar-refractivity contribution in [3.63, 3.8) is 0 Å². The lowest BCUT2D eigenvalue weighted by Crippen LogP contribution is -2.30. The molecule has 0 bridgehead atoms. The first kappa shape index (κ1) is 15.6. The third-order valence-electron chi connectivity index (χ3n) is 5.07. The van der Waals surface area contributed by atoms with Gasteiger partial charge >= 0.3 is 0 Å². The molecule has 0 spiro atoms. The molecule has 0 saturated carbocycles. The molecular formula is C21H20N2O2. The van der Waals surface area contributed by atoms with Crippen molar-refractivity contribution in [3.8, 4) is 0 Å². The van der Waals surface area contributed by atoms with Crippen molar-refractivity contribution in [2.45, 2.75) is 12.3 Å². The first-order valence-corrected chi connectivity index (χ1v) is 8.58. The Morgan fingerprint density at radius 1 is 1.00 bits per heavy atom. The number of hydrogen-bond donors (Lipinski definition) is 0. The first-order chi connectivity index (χ1) is 12.1. The Bertz CT molecular complexity index is 992. The summed E-state index contributed by atoms with van der Waals surface area (Å²) in [4.78, 5) is 27.3. The molecule has 25 heavy (non-hydrogen) atoms. The Kier molecular flexibility index (Phi) is 3.88. The zero-order valence-electron chi connectivity index (χ0n) is 14.2. The fourth-order valence-corrected chi connectivity index (χ4v) is 3.70. The summed E-state index contributed by atoms with van der Waals surface area (Å²) in [7, 11) is 1.70. The van der Waals surface area contributed by atoms with Crippen LogP contribution < -0.4 is 5.56 Å². The van der Waals surface area contributed by atoms with Crippen molar-refractivity contribution >= 4 is 16.7 Å². The van der Waals surface area contributed by atoms with Crippen LogP contribution in [0.5, 0.6) is 0 Å². The number of benzene rings is 2. The lowest BCUT2D eigenvalue weighted by atomic mass is 9.99. The van der Waals surface area contributed by atoms with E-state index in [1.54, 1.807) is 19.3 Å². The smallest absolute Gasteiger partial charge is 0.258 e. The molecule has 3 aromatic rings. The van der Waals surface area contributed by atoms with Crippen LogP contribution in [0.25, 0.3) is 10.8 Å². The maximum Gasteiger partial charge on any atom is 0.258 e. The predicted molar refractivity (Wildman–Crippen MR) is 98.9 cm³/mol. The number of hydrogen-bond acceptors (Lipinski definition) is 2. The van der Waals surface area contributed by atoms with E-state index >= 15 is 0 Å². The van der Waals surface area contributed by atoms with Crippen LogP contribution in [0.15, 0.2) is 65.6 Å². The standard InChI is InChI=1S/C21H20N2O2/c1-22-14-19(17-9-5-6-10-18(17)20(22)24)21(25)23-12-11-16(13-23)15-7-3-2-4-8-15/h2-10,14,16H,11-13H2,1H3. The van der Waals surface area contributed by atoms with E-state index in [0.717, 1.165) is 24.9 Å². The van der Waals surface area contributed by atoms with Gasteiger partial charge in [-0.05, 0) is 18.1 Å². The van der Waals surface area contributed by atoms with Gasteiger partial charge in [0.05, 0.1) is 5.56 Å². The van der Waals surface area contributed by atoms with Crippen LogP contribution >= 0.6 is 0 Å². The number of amides is 1. The van der Waals surface area contributed by atoms with Crippen LogP contribution in [-0.4, -0.2) is 28.5 Å². The van der Waals surface area contributed by atoms with Crippen LogP contribution in [0.2, 0.25) is 0 Å². The molecule has 2 aromatic carbocycles. The maximum absolute atomic E-state index is 13.1. The quantitative estimate of drug-likeness (QED) is 0.723. The molecule has 1 unspecified atom stereocenters. The van der Waals surface area contributed by atoms with Crippen LogP contribution in [0.3, 0.4) is 0 Å². The van der Waals surface area contributed by atoms with E-state index in [1.165, 1.54) is 10.1 Å². The lowest BCUT2D eigenvalue weighted by Gasteiger charge is -2.18. The van der Waals surface area contributed by atoms with Gasteiger partial charge in [0, 0.05) is 43.0 Å². The minimum absolute atomic E-state index is 0.00484. The van der Waals surface area contributed by atoms with Gasteiger partial charge in [-0.25, -0.2) is 0 Å². The SMILES string of the molecule is Cn1cc(C(=O)N2CCC(c3ccccc3)C2)c2ccccc2c1=O. The average molecular weight is 332 g/mol. The Labute approximate surface area is 146 Å². The molecule has 126 valence electrons. The Hall–Kier alpha value is -2.88. The molecule has 1 atom stereocenters. The van der Waals surface area contributed by atoms with Crippen LogP contribution in [0, 0.1) is 0 Å². The van der Waals surface area contributed by atoms with Crippen molar-refractivity contribution in [2.24, 2.45) is 7.05 Å². The average Bonchev–Trinajstić information content (AvgIpc) is 3.15. The number of aryl methyl sites for hydroxylation is 1. The number of aromatic nitrogens is 1. The summed E-state index contributed by atoms with van der Waals surface area (Å²) in [6.07, 6.45) is 2.64. The van der Waals surface area contributed by atoms with Gasteiger partial charge in [-0.3, -0.25) is 9.59 Å². The number of likely N-dealkylation sites (tertiary alicyclic amines) is 1. The van der Waals surface area contributed by atoms with E-state index in [-0.39, 0.29) is 11.5 Å². The molecule has 1 saturated heterocycles. The number of carbonyl (C=O) groups is 1. The second-order valence-corrected chi connectivity index (χ2v) is 6.65. The fourth-order valence-electron chi connectivity index (χ4n) is 3.70. The summed E-state index contributed by atoms with van der Waals surface area (Å²) in [5.41, 5.74) is 1.81. The van der Waals surface area contributed by atoms with Gasteiger partial charge in [0.1, 0.15) is 0 Å². The molecule has 0 N–H and O–H groups in total. The van der Waals surface area contributed by atoms with E-state index < -0.39 is 0 Å². The van der Waals surface area contributed by atoms with Gasteiger partial charge in [0.25, 0.3) is 11.5 Å². The summed E-state index contributed by atoms with van der Waals surface area (Å²) in [5, 5.41) is 1.33. The van der Waals surface area contributed by atoms with E-state index in [2.05, 4.69) is 12.1 Å². The van der Waals surface area contributed by atoms with Crippen LogP contribution in [-0.2, 0) is 7.05 Å². The van der Waals surface area contributed by atoms with Crippen molar-refractivity contribution in [1.29, 1.82) is 0 Å². The molecule has 1 amide bonds. The van der Waals surface area contributed by atoms with Gasteiger partial charge in [-0.1, -0.05) is 48.5 Å². The predicted octanol–water partition coefficient (Wildman–Crippen LogP) is 3.17. The van der Waals surface area contributed by atoms with E-state index in [4.69, 9.17) is 0 Å². The molecule has 0 aliphatic carbocycles. The summed E-state index contributed by atoms with van der Waals surface area (Å²) < 4.78 is 1.50. The molecule has 4 heteroatoms. The Balaban J connectivity index is 1.68. The van der Waals surface area contributed by atoms with Gasteiger partial charge in [-0.15, -0.1) is 0 Å². The van der Waals surface area contributed by atoms with E-state index in [0.29, 0.717) is 16.9 Å². The third kappa shape index (κ3) is 2.74. The highest BCUT2D eigenvalue weighted by atomic mass is 16.2. The number of pyridine rings is 1. The Morgan fingerprint density at radius 2 is 1.68 bits per heavy atom. The molecule has 1 fully saturated rings. The summed E-state index contributed by atoms with van der Waals surface area (Å²) >= 11 is 0. The molecule has 2 heterocycles. The number of fused-ring (bicyclic) bond motifs is 1. The number of carbonyl (C=O) groups excluding carboxylic acids is 1. The highest BCUT2D eigenvalue weighted by Crippen LogP contribution is 2.28. The van der Waals surface area contributed by atoms with Gasteiger partial charge in [0.15, 0.2) is 0 Å². The number of nitrogens with zero attached hydrogens (tertiary/aromatic N) is 2. The number of rotatable bonds is 2. The van der Waals surface area contributed by atoms with Gasteiger partial charge in [-0.2, -0.15) is 0 Å². The maximum atomic E-state index is 13.1. The molecular weight excluding hydrogens is 312 g/mol.